The van der Waals surface area contributed by atoms with Gasteiger partial charge in [0.05, 0.1) is 4.92 Å². The lowest BCUT2D eigenvalue weighted by atomic mass is 10.1. The molecule has 1 unspecified atom stereocenters. The zero-order valence-electron chi connectivity index (χ0n) is 17.3. The number of esters is 1. The molecule has 3 aromatic rings. The van der Waals surface area contributed by atoms with E-state index in [1.165, 1.54) is 42.5 Å². The van der Waals surface area contributed by atoms with Gasteiger partial charge in [0.1, 0.15) is 22.6 Å². The van der Waals surface area contributed by atoms with Crippen molar-refractivity contribution in [1.29, 1.82) is 0 Å². The van der Waals surface area contributed by atoms with Crippen molar-refractivity contribution in [3.63, 3.8) is 0 Å². The summed E-state index contributed by atoms with van der Waals surface area (Å²) >= 11 is 0. The number of benzene rings is 2. The molecule has 1 aromatic heterocycles. The van der Waals surface area contributed by atoms with Crippen molar-refractivity contribution in [3.05, 3.63) is 74.6 Å². The van der Waals surface area contributed by atoms with Crippen molar-refractivity contribution >= 4 is 28.5 Å². The number of nitro benzene ring substituents is 1. The van der Waals surface area contributed by atoms with Crippen LogP contribution in [0.25, 0.3) is 11.0 Å². The highest BCUT2D eigenvalue weighted by Crippen LogP contribution is 2.21. The number of carbonyl (C=O) groups is 2. The highest BCUT2D eigenvalue weighted by atomic mass is 16.6. The number of carbonyl (C=O) groups excluding carboxylic acids is 2. The lowest BCUT2D eigenvalue weighted by Gasteiger charge is -2.11. The Balaban J connectivity index is 1.66. The Morgan fingerprint density at radius 1 is 1.12 bits per heavy atom. The topological polar surface area (TPSA) is 138 Å². The molecule has 1 amide bonds. The van der Waals surface area contributed by atoms with Crippen LogP contribution in [0.2, 0.25) is 0 Å². The molecule has 10 heteroatoms. The number of ether oxygens (including phenoxy) is 2. The van der Waals surface area contributed by atoms with E-state index >= 15 is 0 Å². The minimum atomic E-state index is -0.803. The molecule has 3 rings (SSSR count). The molecule has 10 nitrogen and oxygen atoms in total. The fraction of sp³-hybridized carbons (Fsp3) is 0.227. The number of hydrogen-bond acceptors (Lipinski definition) is 8. The molecule has 0 radical (unpaired) electrons. The molecule has 0 aliphatic heterocycles. The van der Waals surface area contributed by atoms with E-state index in [4.69, 9.17) is 13.9 Å². The molecule has 0 spiro atoms. The summed E-state index contributed by atoms with van der Waals surface area (Å²) in [6, 6.07) is 11.0. The van der Waals surface area contributed by atoms with E-state index in [2.05, 4.69) is 5.32 Å². The summed E-state index contributed by atoms with van der Waals surface area (Å²) in [5.74, 6) is -0.862. The van der Waals surface area contributed by atoms with Gasteiger partial charge in [0.25, 0.3) is 11.6 Å². The molecule has 0 fully saturated rings. The third kappa shape index (κ3) is 5.48. The van der Waals surface area contributed by atoms with Crippen LogP contribution in [0.4, 0.5) is 5.69 Å². The number of rotatable bonds is 8. The van der Waals surface area contributed by atoms with Gasteiger partial charge in [0.2, 0.25) is 0 Å². The maximum atomic E-state index is 12.2. The van der Waals surface area contributed by atoms with Gasteiger partial charge in [-0.3, -0.25) is 14.9 Å². The second-order valence-corrected chi connectivity index (χ2v) is 6.94. The molecule has 2 aromatic carbocycles. The van der Waals surface area contributed by atoms with Gasteiger partial charge in [-0.2, -0.15) is 0 Å². The first kappa shape index (κ1) is 22.5. The van der Waals surface area contributed by atoms with Crippen LogP contribution in [0.1, 0.15) is 30.6 Å². The van der Waals surface area contributed by atoms with Crippen LogP contribution < -0.4 is 20.4 Å². The highest BCUT2D eigenvalue weighted by Gasteiger charge is 2.16. The van der Waals surface area contributed by atoms with Gasteiger partial charge in [-0.05, 0) is 43.7 Å². The third-order valence-electron chi connectivity index (χ3n) is 4.58. The molecular formula is C22H20N2O8. The van der Waals surface area contributed by atoms with Crippen LogP contribution in [0.5, 0.6) is 11.5 Å². The second kappa shape index (κ2) is 9.73. The van der Waals surface area contributed by atoms with E-state index in [0.717, 1.165) is 0 Å². The van der Waals surface area contributed by atoms with Crippen molar-refractivity contribution in [2.45, 2.75) is 26.3 Å². The monoisotopic (exact) mass is 440 g/mol. The lowest BCUT2D eigenvalue weighted by molar-refractivity contribution is -0.384. The van der Waals surface area contributed by atoms with Crippen LogP contribution in [-0.4, -0.2) is 29.4 Å². The molecule has 0 saturated carbocycles. The third-order valence-corrected chi connectivity index (χ3v) is 4.58. The zero-order valence-corrected chi connectivity index (χ0v) is 17.3. The average Bonchev–Trinajstić information content (AvgIpc) is 2.77. The number of nitro groups is 1. The summed E-state index contributed by atoms with van der Waals surface area (Å²) in [6.07, 6.45) is 0.716. The van der Waals surface area contributed by atoms with Gasteiger partial charge in [0.15, 0.2) is 6.61 Å². The highest BCUT2D eigenvalue weighted by molar-refractivity contribution is 5.97. The van der Waals surface area contributed by atoms with Crippen LogP contribution in [0.15, 0.2) is 57.7 Å². The first-order valence-electron chi connectivity index (χ1n) is 9.73. The van der Waals surface area contributed by atoms with Crippen molar-refractivity contribution in [1.82, 2.24) is 5.32 Å². The quantitative estimate of drug-likeness (QED) is 0.185. The Kier molecular flexibility index (Phi) is 6.83. The van der Waals surface area contributed by atoms with Gasteiger partial charge < -0.3 is 19.2 Å². The summed E-state index contributed by atoms with van der Waals surface area (Å²) in [5.41, 5.74) is -0.864. The number of non-ortho nitro benzene ring substituents is 1. The lowest BCUT2D eigenvalue weighted by Crippen LogP contribution is -2.34. The van der Waals surface area contributed by atoms with Crippen LogP contribution in [-0.2, 0) is 4.79 Å². The summed E-state index contributed by atoms with van der Waals surface area (Å²) in [6.45, 7) is 3.30. The molecule has 166 valence electrons. The van der Waals surface area contributed by atoms with Gasteiger partial charge in [-0.15, -0.1) is 0 Å². The molecule has 0 aliphatic rings. The van der Waals surface area contributed by atoms with Gasteiger partial charge in [-0.25, -0.2) is 9.59 Å². The fourth-order valence-corrected chi connectivity index (χ4v) is 2.68. The van der Waals surface area contributed by atoms with Gasteiger partial charge in [0, 0.05) is 29.6 Å². The molecule has 0 saturated heterocycles. The molecular weight excluding hydrogens is 420 g/mol. The molecule has 0 bridgehead atoms. The number of hydrogen-bond donors (Lipinski definition) is 1. The number of fused-ring (bicyclic) bond motifs is 1. The van der Waals surface area contributed by atoms with Crippen molar-refractivity contribution in [2.24, 2.45) is 0 Å². The fourth-order valence-electron chi connectivity index (χ4n) is 2.68. The largest absolute Gasteiger partial charge is 0.482 e. The van der Waals surface area contributed by atoms with E-state index in [0.29, 0.717) is 11.8 Å². The second-order valence-electron chi connectivity index (χ2n) is 6.94. The molecule has 1 atom stereocenters. The maximum Gasteiger partial charge on any atom is 0.349 e. The smallest absolute Gasteiger partial charge is 0.349 e. The standard InChI is InChI=1S/C22H20N2O8/c1-3-13(2)23-21(26)18-10-14-4-7-17(11-19(14)32-22(18)27)31-20(25)12-30-16-8-5-15(6-9-16)24(28)29/h4-11,13H,3,12H2,1-2H3,(H,23,26). The molecule has 1 N–H and O–H groups in total. The summed E-state index contributed by atoms with van der Waals surface area (Å²) in [4.78, 5) is 46.6. The Bertz CT molecular complexity index is 1220. The van der Waals surface area contributed by atoms with Crippen LogP contribution >= 0.6 is 0 Å². The molecule has 1 heterocycles. The van der Waals surface area contributed by atoms with Gasteiger partial charge >= 0.3 is 11.6 Å². The van der Waals surface area contributed by atoms with Crippen LogP contribution in [0.3, 0.4) is 0 Å². The summed E-state index contributed by atoms with van der Waals surface area (Å²) in [5, 5.41) is 13.8. The minimum Gasteiger partial charge on any atom is -0.482 e. The number of nitrogens with zero attached hydrogens (tertiary/aromatic N) is 1. The first-order valence-corrected chi connectivity index (χ1v) is 9.73. The average molecular weight is 440 g/mol. The Morgan fingerprint density at radius 3 is 2.47 bits per heavy atom. The summed E-state index contributed by atoms with van der Waals surface area (Å²) in [7, 11) is 0. The Hall–Kier alpha value is -4.21. The normalized spacial score (nSPS) is 11.6. The predicted molar refractivity (Wildman–Crippen MR) is 114 cm³/mol. The maximum absolute atomic E-state index is 12.2. The Morgan fingerprint density at radius 2 is 1.81 bits per heavy atom. The van der Waals surface area contributed by atoms with Crippen molar-refractivity contribution < 1.29 is 28.4 Å². The van der Waals surface area contributed by atoms with Crippen molar-refractivity contribution in [3.8, 4) is 11.5 Å². The molecule has 0 aliphatic carbocycles. The summed E-state index contributed by atoms with van der Waals surface area (Å²) < 4.78 is 15.6. The zero-order chi connectivity index (χ0) is 23.3. The Labute approximate surface area is 181 Å². The first-order chi connectivity index (χ1) is 15.3. The van der Waals surface area contributed by atoms with Crippen LogP contribution in [0, 0.1) is 10.1 Å². The molecule has 32 heavy (non-hydrogen) atoms. The van der Waals surface area contributed by atoms with E-state index < -0.39 is 29.0 Å². The van der Waals surface area contributed by atoms with E-state index in [1.54, 1.807) is 6.07 Å². The SMILES string of the molecule is CCC(C)NC(=O)c1cc2ccc(OC(=O)COc3ccc([N+](=O)[O-])cc3)cc2oc1=O. The minimum absolute atomic E-state index is 0.0902. The number of nitrogens with one attached hydrogen (secondary N) is 1. The van der Waals surface area contributed by atoms with E-state index in [1.807, 2.05) is 13.8 Å². The number of amides is 1. The van der Waals surface area contributed by atoms with E-state index in [9.17, 15) is 24.5 Å². The van der Waals surface area contributed by atoms with E-state index in [-0.39, 0.29) is 34.4 Å². The predicted octanol–water partition coefficient (Wildman–Crippen LogP) is 3.21. The van der Waals surface area contributed by atoms with Gasteiger partial charge in [-0.1, -0.05) is 6.92 Å². The van der Waals surface area contributed by atoms with Crippen molar-refractivity contribution in [2.75, 3.05) is 6.61 Å².